The molecule has 0 saturated carbocycles. The Hall–Kier alpha value is -3.64. The molecule has 1 aliphatic heterocycles. The zero-order valence-electron chi connectivity index (χ0n) is 21.3. The molecule has 0 aromatic heterocycles. The number of amides is 2. The molecule has 1 saturated heterocycles. The number of rotatable bonds is 10. The third kappa shape index (κ3) is 7.18. The molecule has 0 bridgehead atoms. The number of nitrogens with zero attached hydrogens (tertiary/aromatic N) is 1. The van der Waals surface area contributed by atoms with Crippen LogP contribution >= 0.6 is 0 Å². The molecular formula is C30H36N4O2. The van der Waals surface area contributed by atoms with E-state index in [1.54, 1.807) is 12.1 Å². The third-order valence-corrected chi connectivity index (χ3v) is 6.74. The van der Waals surface area contributed by atoms with Crippen molar-refractivity contribution in [2.45, 2.75) is 39.5 Å². The van der Waals surface area contributed by atoms with Gasteiger partial charge in [-0.05, 0) is 93.2 Å². The standard InChI is InChI=1S/C30H36N4O2/c1-22-10-13-26(20-23(22)2)32-27-14-12-25(30(36)31-16-19-34-17-6-7-18-34)21-28(27)33-29(35)15-11-24-8-4-3-5-9-24/h3-5,8-10,12-14,20-21,32H,6-7,11,15-19H2,1-2H3,(H,31,36)(H,33,35). The maximum Gasteiger partial charge on any atom is 0.251 e. The van der Waals surface area contributed by atoms with Gasteiger partial charge in [0.05, 0.1) is 11.4 Å². The fourth-order valence-corrected chi connectivity index (χ4v) is 4.42. The molecule has 36 heavy (non-hydrogen) atoms. The molecule has 188 valence electrons. The van der Waals surface area contributed by atoms with Crippen LogP contribution < -0.4 is 16.0 Å². The van der Waals surface area contributed by atoms with E-state index in [0.29, 0.717) is 30.6 Å². The fraction of sp³-hybridized carbons (Fsp3) is 0.333. The minimum atomic E-state index is -0.133. The quantitative estimate of drug-likeness (QED) is 0.358. The van der Waals surface area contributed by atoms with E-state index in [4.69, 9.17) is 0 Å². The summed E-state index contributed by atoms with van der Waals surface area (Å²) in [5.41, 5.74) is 6.32. The van der Waals surface area contributed by atoms with Crippen LogP contribution in [0, 0.1) is 13.8 Å². The number of likely N-dealkylation sites (tertiary alicyclic amines) is 1. The van der Waals surface area contributed by atoms with Gasteiger partial charge in [-0.3, -0.25) is 9.59 Å². The Bertz CT molecular complexity index is 1190. The van der Waals surface area contributed by atoms with Crippen LogP contribution in [0.5, 0.6) is 0 Å². The van der Waals surface area contributed by atoms with Gasteiger partial charge in [0, 0.05) is 30.8 Å². The smallest absolute Gasteiger partial charge is 0.251 e. The Kier molecular flexibility index (Phi) is 8.74. The van der Waals surface area contributed by atoms with Crippen molar-refractivity contribution in [3.63, 3.8) is 0 Å². The largest absolute Gasteiger partial charge is 0.354 e. The number of anilines is 3. The lowest BCUT2D eigenvalue weighted by atomic mass is 10.1. The van der Waals surface area contributed by atoms with Crippen molar-refractivity contribution in [3.8, 4) is 0 Å². The predicted molar refractivity (Wildman–Crippen MR) is 147 cm³/mol. The van der Waals surface area contributed by atoms with E-state index in [0.717, 1.165) is 36.6 Å². The number of benzene rings is 3. The zero-order chi connectivity index (χ0) is 25.3. The van der Waals surface area contributed by atoms with E-state index in [1.807, 2.05) is 42.5 Å². The van der Waals surface area contributed by atoms with Crippen molar-refractivity contribution in [3.05, 3.63) is 89.0 Å². The van der Waals surface area contributed by atoms with Gasteiger partial charge in [-0.25, -0.2) is 0 Å². The van der Waals surface area contributed by atoms with Crippen LogP contribution in [-0.2, 0) is 11.2 Å². The first kappa shape index (κ1) is 25.5. The Morgan fingerprint density at radius 2 is 1.64 bits per heavy atom. The second-order valence-electron chi connectivity index (χ2n) is 9.52. The molecule has 6 nitrogen and oxygen atoms in total. The normalized spacial score (nSPS) is 13.4. The summed E-state index contributed by atoms with van der Waals surface area (Å²) in [5.74, 6) is -0.222. The van der Waals surface area contributed by atoms with Crippen LogP contribution in [0.3, 0.4) is 0 Å². The van der Waals surface area contributed by atoms with E-state index in [9.17, 15) is 9.59 Å². The lowest BCUT2D eigenvalue weighted by Gasteiger charge is -2.17. The van der Waals surface area contributed by atoms with Gasteiger partial charge in [0.1, 0.15) is 0 Å². The van der Waals surface area contributed by atoms with Crippen LogP contribution in [0.15, 0.2) is 66.7 Å². The number of nitrogens with one attached hydrogen (secondary N) is 3. The molecule has 2 amide bonds. The summed E-state index contributed by atoms with van der Waals surface area (Å²) in [6.07, 6.45) is 3.48. The van der Waals surface area contributed by atoms with E-state index < -0.39 is 0 Å². The Morgan fingerprint density at radius 1 is 0.861 bits per heavy atom. The van der Waals surface area contributed by atoms with Crippen LogP contribution in [0.4, 0.5) is 17.1 Å². The van der Waals surface area contributed by atoms with Crippen molar-refractivity contribution < 1.29 is 9.59 Å². The lowest BCUT2D eigenvalue weighted by molar-refractivity contribution is -0.116. The summed E-state index contributed by atoms with van der Waals surface area (Å²) in [5, 5.41) is 9.47. The summed E-state index contributed by atoms with van der Waals surface area (Å²) >= 11 is 0. The first-order valence-corrected chi connectivity index (χ1v) is 12.8. The highest BCUT2D eigenvalue weighted by molar-refractivity contribution is 6.00. The number of aryl methyl sites for hydroxylation is 3. The van der Waals surface area contributed by atoms with Gasteiger partial charge in [0.25, 0.3) is 5.91 Å². The Morgan fingerprint density at radius 3 is 2.39 bits per heavy atom. The van der Waals surface area contributed by atoms with Gasteiger partial charge >= 0.3 is 0 Å². The highest BCUT2D eigenvalue weighted by Crippen LogP contribution is 2.28. The maximum absolute atomic E-state index is 12.9. The first-order valence-electron chi connectivity index (χ1n) is 12.8. The zero-order valence-corrected chi connectivity index (χ0v) is 21.3. The van der Waals surface area contributed by atoms with Gasteiger partial charge in [-0.2, -0.15) is 0 Å². The van der Waals surface area contributed by atoms with Crippen LogP contribution in [0.1, 0.15) is 46.3 Å². The Balaban J connectivity index is 1.47. The molecule has 0 aliphatic carbocycles. The number of carbonyl (C=O) groups excluding carboxylic acids is 2. The molecule has 1 aliphatic rings. The van der Waals surface area contributed by atoms with Crippen LogP contribution in [-0.4, -0.2) is 42.9 Å². The number of hydrogen-bond acceptors (Lipinski definition) is 4. The summed E-state index contributed by atoms with van der Waals surface area (Å²) < 4.78 is 0. The second kappa shape index (κ2) is 12.4. The highest BCUT2D eigenvalue weighted by Gasteiger charge is 2.15. The Labute approximate surface area is 214 Å². The van der Waals surface area contributed by atoms with Crippen molar-refractivity contribution in [2.24, 2.45) is 0 Å². The maximum atomic E-state index is 12.9. The number of hydrogen-bond donors (Lipinski definition) is 3. The van der Waals surface area contributed by atoms with Crippen LogP contribution in [0.25, 0.3) is 0 Å². The molecule has 3 N–H and O–H groups in total. The van der Waals surface area contributed by atoms with Crippen molar-refractivity contribution in [1.29, 1.82) is 0 Å². The SMILES string of the molecule is Cc1ccc(Nc2ccc(C(=O)NCCN3CCCC3)cc2NC(=O)CCc2ccccc2)cc1C. The van der Waals surface area contributed by atoms with Gasteiger partial charge in [0.2, 0.25) is 5.91 Å². The van der Waals surface area contributed by atoms with Gasteiger partial charge < -0.3 is 20.9 Å². The predicted octanol–water partition coefficient (Wildman–Crippen LogP) is 5.44. The number of carbonyl (C=O) groups is 2. The van der Waals surface area contributed by atoms with Crippen molar-refractivity contribution in [2.75, 3.05) is 36.8 Å². The van der Waals surface area contributed by atoms with Gasteiger partial charge in [-0.1, -0.05) is 36.4 Å². The molecule has 1 heterocycles. The summed E-state index contributed by atoms with van der Waals surface area (Å²) in [7, 11) is 0. The fourth-order valence-electron chi connectivity index (χ4n) is 4.42. The van der Waals surface area contributed by atoms with Gasteiger partial charge in [-0.15, -0.1) is 0 Å². The monoisotopic (exact) mass is 484 g/mol. The molecular weight excluding hydrogens is 448 g/mol. The van der Waals surface area contributed by atoms with Gasteiger partial charge in [0.15, 0.2) is 0 Å². The molecule has 3 aromatic carbocycles. The third-order valence-electron chi connectivity index (χ3n) is 6.74. The molecule has 6 heteroatoms. The first-order chi connectivity index (χ1) is 17.5. The second-order valence-corrected chi connectivity index (χ2v) is 9.52. The molecule has 1 fully saturated rings. The van der Waals surface area contributed by atoms with Crippen molar-refractivity contribution in [1.82, 2.24) is 10.2 Å². The highest BCUT2D eigenvalue weighted by atomic mass is 16.2. The summed E-state index contributed by atoms with van der Waals surface area (Å²) in [6.45, 7) is 7.83. The minimum Gasteiger partial charge on any atom is -0.354 e. The van der Waals surface area contributed by atoms with Crippen molar-refractivity contribution >= 4 is 28.9 Å². The molecule has 4 rings (SSSR count). The summed E-state index contributed by atoms with van der Waals surface area (Å²) in [6, 6.07) is 21.5. The van der Waals surface area contributed by atoms with Crippen LogP contribution in [0.2, 0.25) is 0 Å². The van der Waals surface area contributed by atoms with E-state index in [2.05, 4.69) is 46.8 Å². The topological polar surface area (TPSA) is 73.5 Å². The molecule has 0 unspecified atom stereocenters. The minimum absolute atomic E-state index is 0.0893. The molecule has 3 aromatic rings. The van der Waals surface area contributed by atoms with E-state index in [-0.39, 0.29) is 11.8 Å². The van der Waals surface area contributed by atoms with E-state index >= 15 is 0 Å². The average Bonchev–Trinajstić information content (AvgIpc) is 3.40. The lowest BCUT2D eigenvalue weighted by Crippen LogP contribution is -2.33. The molecule has 0 radical (unpaired) electrons. The average molecular weight is 485 g/mol. The summed E-state index contributed by atoms with van der Waals surface area (Å²) in [4.78, 5) is 28.1. The molecule has 0 spiro atoms. The van der Waals surface area contributed by atoms with E-state index in [1.165, 1.54) is 24.0 Å². The molecule has 0 atom stereocenters.